The molecule has 0 fully saturated rings. The minimum Gasteiger partial charge on any atom is -0.370 e. The molecule has 0 atom stereocenters. The number of H-pyrrole nitrogens is 1. The van der Waals surface area contributed by atoms with Crippen LogP contribution in [0.2, 0.25) is 0 Å². The van der Waals surface area contributed by atoms with Crippen LogP contribution in [0, 0.1) is 6.92 Å². The van der Waals surface area contributed by atoms with Crippen LogP contribution in [0.15, 0.2) is 53.8 Å². The van der Waals surface area contributed by atoms with E-state index in [1.807, 2.05) is 43.3 Å². The van der Waals surface area contributed by atoms with Gasteiger partial charge < -0.3 is 11.1 Å². The van der Waals surface area contributed by atoms with Crippen LogP contribution in [0.1, 0.15) is 11.4 Å². The van der Waals surface area contributed by atoms with Crippen LogP contribution in [0.25, 0.3) is 11.4 Å². The number of nitrogens with zero attached hydrogens (tertiary/aromatic N) is 4. The van der Waals surface area contributed by atoms with Gasteiger partial charge in [0.1, 0.15) is 12.4 Å². The number of aryl methyl sites for hydroxylation is 1. The van der Waals surface area contributed by atoms with E-state index in [9.17, 15) is 0 Å². The monoisotopic (exact) mass is 307 g/mol. The number of hydrogen-bond acceptors (Lipinski definition) is 4. The Morgan fingerprint density at radius 1 is 1.17 bits per heavy atom. The van der Waals surface area contributed by atoms with E-state index in [-0.39, 0.29) is 0 Å². The lowest BCUT2D eigenvalue weighted by Gasteiger charge is -2.05. The standard InChI is InChI=1S/C16H17N7/c1-11-2-4-13(5-3-11)20-16(17)19-10-14-21-15(23-22-14)12-6-8-18-9-7-12/h2-9H,10H2,1H3,(H3,17,19,20)(H,21,22,23). The van der Waals surface area contributed by atoms with Gasteiger partial charge in [0.05, 0.1) is 0 Å². The first-order chi connectivity index (χ1) is 11.2. The van der Waals surface area contributed by atoms with E-state index in [0.717, 1.165) is 11.3 Å². The van der Waals surface area contributed by atoms with Gasteiger partial charge in [-0.25, -0.2) is 9.98 Å². The molecule has 23 heavy (non-hydrogen) atoms. The molecule has 2 heterocycles. The molecule has 0 radical (unpaired) electrons. The van der Waals surface area contributed by atoms with Crippen LogP contribution in [0.4, 0.5) is 5.69 Å². The molecule has 116 valence electrons. The van der Waals surface area contributed by atoms with Gasteiger partial charge in [-0.2, -0.15) is 5.10 Å². The molecule has 2 aromatic heterocycles. The zero-order chi connectivity index (χ0) is 16.1. The molecule has 0 spiro atoms. The Morgan fingerprint density at radius 3 is 2.65 bits per heavy atom. The summed E-state index contributed by atoms with van der Waals surface area (Å²) in [5.74, 6) is 1.59. The third-order valence-corrected chi connectivity index (χ3v) is 3.19. The van der Waals surface area contributed by atoms with Crippen molar-refractivity contribution in [2.45, 2.75) is 13.5 Å². The molecule has 0 amide bonds. The normalized spacial score (nSPS) is 11.4. The molecule has 3 rings (SSSR count). The highest BCUT2D eigenvalue weighted by Gasteiger charge is 2.05. The van der Waals surface area contributed by atoms with E-state index < -0.39 is 0 Å². The molecule has 0 bridgehead atoms. The van der Waals surface area contributed by atoms with E-state index in [1.54, 1.807) is 12.4 Å². The average molecular weight is 307 g/mol. The molecular weight excluding hydrogens is 290 g/mol. The summed E-state index contributed by atoms with van der Waals surface area (Å²) in [5, 5.41) is 10.1. The lowest BCUT2D eigenvalue weighted by molar-refractivity contribution is 0.914. The molecular formula is C16H17N7. The SMILES string of the molecule is Cc1ccc(NC(N)=NCc2nc(-c3ccncc3)n[nH]2)cc1. The highest BCUT2D eigenvalue weighted by Crippen LogP contribution is 2.12. The highest BCUT2D eigenvalue weighted by atomic mass is 15.2. The molecule has 0 aliphatic rings. The third kappa shape index (κ3) is 3.91. The molecule has 3 aromatic rings. The molecule has 1 aromatic carbocycles. The molecule has 0 saturated carbocycles. The zero-order valence-electron chi connectivity index (χ0n) is 12.7. The van der Waals surface area contributed by atoms with E-state index >= 15 is 0 Å². The first-order valence-corrected chi connectivity index (χ1v) is 7.16. The van der Waals surface area contributed by atoms with Crippen LogP contribution >= 0.6 is 0 Å². The summed E-state index contributed by atoms with van der Waals surface area (Å²) in [6, 6.07) is 11.6. The van der Waals surface area contributed by atoms with E-state index in [2.05, 4.69) is 30.5 Å². The number of guanidine groups is 1. The second-order valence-corrected chi connectivity index (χ2v) is 5.03. The number of aromatic amines is 1. The van der Waals surface area contributed by atoms with E-state index in [1.165, 1.54) is 5.56 Å². The molecule has 4 N–H and O–H groups in total. The molecule has 0 saturated heterocycles. The molecule has 7 heteroatoms. The van der Waals surface area contributed by atoms with Crippen molar-refractivity contribution >= 4 is 11.6 Å². The second-order valence-electron chi connectivity index (χ2n) is 5.03. The maximum absolute atomic E-state index is 5.88. The van der Waals surface area contributed by atoms with Crippen LogP contribution in [-0.4, -0.2) is 26.1 Å². The van der Waals surface area contributed by atoms with Gasteiger partial charge in [0.25, 0.3) is 0 Å². The van der Waals surface area contributed by atoms with Gasteiger partial charge in [-0.15, -0.1) is 0 Å². The van der Waals surface area contributed by atoms with Crippen LogP contribution in [0.5, 0.6) is 0 Å². The maximum atomic E-state index is 5.88. The summed E-state index contributed by atoms with van der Waals surface area (Å²) in [7, 11) is 0. The number of hydrogen-bond donors (Lipinski definition) is 3. The van der Waals surface area contributed by atoms with Crippen molar-refractivity contribution in [2.75, 3.05) is 5.32 Å². The van der Waals surface area contributed by atoms with Crippen molar-refractivity contribution in [2.24, 2.45) is 10.7 Å². The Kier molecular flexibility index (Phi) is 4.28. The zero-order valence-corrected chi connectivity index (χ0v) is 12.7. The Morgan fingerprint density at radius 2 is 1.91 bits per heavy atom. The summed E-state index contributed by atoms with van der Waals surface area (Å²) < 4.78 is 0. The molecule has 7 nitrogen and oxygen atoms in total. The number of pyridine rings is 1. The van der Waals surface area contributed by atoms with Crippen molar-refractivity contribution in [1.29, 1.82) is 0 Å². The van der Waals surface area contributed by atoms with E-state index in [0.29, 0.717) is 24.2 Å². The summed E-state index contributed by atoms with van der Waals surface area (Å²) in [4.78, 5) is 12.6. The Bertz CT molecular complexity index is 791. The molecule has 0 unspecified atom stereocenters. The highest BCUT2D eigenvalue weighted by molar-refractivity contribution is 5.92. The fourth-order valence-electron chi connectivity index (χ4n) is 1.98. The van der Waals surface area contributed by atoms with E-state index in [4.69, 9.17) is 5.73 Å². The number of rotatable bonds is 4. The first kappa shape index (κ1) is 14.7. The predicted octanol–water partition coefficient (Wildman–Crippen LogP) is 2.10. The number of aromatic nitrogens is 4. The minimum atomic E-state index is 0.322. The first-order valence-electron chi connectivity index (χ1n) is 7.16. The van der Waals surface area contributed by atoms with Crippen LogP contribution in [0.3, 0.4) is 0 Å². The largest absolute Gasteiger partial charge is 0.370 e. The number of benzene rings is 1. The molecule has 0 aliphatic heterocycles. The predicted molar refractivity (Wildman–Crippen MR) is 89.7 cm³/mol. The maximum Gasteiger partial charge on any atom is 0.193 e. The van der Waals surface area contributed by atoms with Gasteiger partial charge in [0.2, 0.25) is 0 Å². The number of nitrogens with two attached hydrogens (primary N) is 1. The smallest absolute Gasteiger partial charge is 0.193 e. The van der Waals surface area contributed by atoms with Gasteiger partial charge in [0.15, 0.2) is 11.8 Å². The topological polar surface area (TPSA) is 105 Å². The van der Waals surface area contributed by atoms with Gasteiger partial charge >= 0.3 is 0 Å². The summed E-state index contributed by atoms with van der Waals surface area (Å²) in [5.41, 5.74) is 8.86. The summed E-state index contributed by atoms with van der Waals surface area (Å²) in [6.45, 7) is 2.36. The number of nitrogens with one attached hydrogen (secondary N) is 2. The third-order valence-electron chi connectivity index (χ3n) is 3.19. The quantitative estimate of drug-likeness (QED) is 0.505. The summed E-state index contributed by atoms with van der Waals surface area (Å²) >= 11 is 0. The summed E-state index contributed by atoms with van der Waals surface area (Å²) in [6.07, 6.45) is 3.40. The van der Waals surface area contributed by atoms with Crippen molar-refractivity contribution in [3.8, 4) is 11.4 Å². The van der Waals surface area contributed by atoms with Crippen molar-refractivity contribution < 1.29 is 0 Å². The average Bonchev–Trinajstić information content (AvgIpc) is 3.05. The Labute approximate surface area is 133 Å². The lowest BCUT2D eigenvalue weighted by Crippen LogP contribution is -2.22. The molecule has 0 aliphatic carbocycles. The second kappa shape index (κ2) is 6.69. The number of anilines is 1. The van der Waals surface area contributed by atoms with Gasteiger partial charge in [-0.1, -0.05) is 17.7 Å². The number of aliphatic imine (C=N–C) groups is 1. The fourth-order valence-corrected chi connectivity index (χ4v) is 1.98. The van der Waals surface area contributed by atoms with Crippen LogP contribution in [-0.2, 0) is 6.54 Å². The van der Waals surface area contributed by atoms with Gasteiger partial charge in [0, 0.05) is 23.6 Å². The van der Waals surface area contributed by atoms with Crippen molar-refractivity contribution in [3.63, 3.8) is 0 Å². The van der Waals surface area contributed by atoms with Crippen LogP contribution < -0.4 is 11.1 Å². The van der Waals surface area contributed by atoms with Gasteiger partial charge in [-0.3, -0.25) is 10.1 Å². The van der Waals surface area contributed by atoms with Crippen molar-refractivity contribution in [3.05, 3.63) is 60.2 Å². The van der Waals surface area contributed by atoms with Gasteiger partial charge in [-0.05, 0) is 31.2 Å². The Balaban J connectivity index is 1.63. The van der Waals surface area contributed by atoms with Crippen molar-refractivity contribution in [1.82, 2.24) is 20.2 Å². The minimum absolute atomic E-state index is 0.322. The fraction of sp³-hybridized carbons (Fsp3) is 0.125. The Hall–Kier alpha value is -3.22. The lowest BCUT2D eigenvalue weighted by atomic mass is 10.2.